The van der Waals surface area contributed by atoms with Crippen molar-refractivity contribution in [3.05, 3.63) is 52.0 Å². The molecule has 0 aliphatic carbocycles. The lowest BCUT2D eigenvalue weighted by Gasteiger charge is -2.35. The van der Waals surface area contributed by atoms with E-state index in [0.29, 0.717) is 16.6 Å². The Labute approximate surface area is 171 Å². The van der Waals surface area contributed by atoms with E-state index in [1.54, 1.807) is 12.4 Å². The molecule has 0 bridgehead atoms. The summed E-state index contributed by atoms with van der Waals surface area (Å²) in [6.07, 6.45) is 4.40. The van der Waals surface area contributed by atoms with Gasteiger partial charge in [-0.2, -0.15) is 0 Å². The Bertz CT molecular complexity index is 773. The molecular weight excluding hydrogens is 383 g/mol. The van der Waals surface area contributed by atoms with Gasteiger partial charge in [0.25, 0.3) is 0 Å². The first kappa shape index (κ1) is 21.7. The highest BCUT2D eigenvalue weighted by atomic mass is 35.5. The number of rotatable bonds is 9. The van der Waals surface area contributed by atoms with Crippen LogP contribution in [0.25, 0.3) is 0 Å². The van der Waals surface area contributed by atoms with Gasteiger partial charge in [-0.1, -0.05) is 49.2 Å². The van der Waals surface area contributed by atoms with E-state index in [1.165, 1.54) is 0 Å². The average Bonchev–Trinajstić information content (AvgIpc) is 3.01. The Morgan fingerprint density at radius 2 is 1.96 bits per heavy atom. The quantitative estimate of drug-likeness (QED) is 0.679. The van der Waals surface area contributed by atoms with E-state index in [-0.39, 0.29) is 23.9 Å². The van der Waals surface area contributed by atoms with Crippen LogP contribution in [0.4, 0.5) is 0 Å². The third-order valence-corrected chi connectivity index (χ3v) is 5.60. The first-order valence-electron chi connectivity index (χ1n) is 9.19. The lowest BCUT2D eigenvalue weighted by atomic mass is 10.00. The van der Waals surface area contributed by atoms with Gasteiger partial charge in [-0.3, -0.25) is 9.69 Å². The Morgan fingerprint density at radius 3 is 2.56 bits per heavy atom. The summed E-state index contributed by atoms with van der Waals surface area (Å²) in [7, 11) is 0. The first-order valence-corrected chi connectivity index (χ1v) is 9.94. The number of hydrogen-bond donors (Lipinski definition) is 1. The smallest absolute Gasteiger partial charge is 0.235 e. The molecule has 0 aliphatic heterocycles. The topological polar surface area (TPSA) is 64.2 Å². The van der Waals surface area contributed by atoms with E-state index >= 15 is 0 Å². The van der Waals surface area contributed by atoms with E-state index < -0.39 is 0 Å². The number of carbonyl (C=O) groups is 1. The van der Waals surface area contributed by atoms with E-state index in [0.717, 1.165) is 24.2 Å². The van der Waals surface area contributed by atoms with E-state index in [4.69, 9.17) is 28.9 Å². The number of imidazole rings is 1. The number of primary amides is 1. The standard InChI is InChI=1S/C20H28Cl2N4O/c1-13(2)19(20(23)27)26(14(3)4)9-8-16-10-24-12-25(16)11-15-6-5-7-17(21)18(15)22/h5-7,10,12-14,19H,8-9,11H2,1-4H3,(H2,23,27)/t19-/m0/s1. The second kappa shape index (κ2) is 9.58. The summed E-state index contributed by atoms with van der Waals surface area (Å²) in [5, 5.41) is 1.11. The van der Waals surface area contributed by atoms with Crippen molar-refractivity contribution in [2.24, 2.45) is 11.7 Å². The molecule has 148 valence electrons. The lowest BCUT2D eigenvalue weighted by Crippen LogP contribution is -2.51. The molecule has 1 heterocycles. The van der Waals surface area contributed by atoms with Crippen molar-refractivity contribution in [2.45, 2.75) is 52.7 Å². The summed E-state index contributed by atoms with van der Waals surface area (Å²) in [5.74, 6) is -0.127. The Kier molecular flexibility index (Phi) is 7.71. The van der Waals surface area contributed by atoms with Gasteiger partial charge in [-0.15, -0.1) is 0 Å². The normalized spacial score (nSPS) is 12.9. The number of amides is 1. The molecule has 0 fully saturated rings. The third kappa shape index (κ3) is 5.47. The fraction of sp³-hybridized carbons (Fsp3) is 0.500. The van der Waals surface area contributed by atoms with Crippen LogP contribution in [0.5, 0.6) is 0 Å². The molecule has 0 spiro atoms. The summed E-state index contributed by atoms with van der Waals surface area (Å²) < 4.78 is 2.06. The largest absolute Gasteiger partial charge is 0.368 e. The SMILES string of the molecule is CC(C)[C@@H](C(N)=O)N(CCc1cncn1Cc1cccc(Cl)c1Cl)C(C)C. The van der Waals surface area contributed by atoms with Crippen molar-refractivity contribution in [1.29, 1.82) is 0 Å². The fourth-order valence-electron chi connectivity index (χ4n) is 3.39. The van der Waals surface area contributed by atoms with Gasteiger partial charge in [-0.25, -0.2) is 4.98 Å². The van der Waals surface area contributed by atoms with Gasteiger partial charge in [0.05, 0.1) is 29.0 Å². The summed E-state index contributed by atoms with van der Waals surface area (Å²) >= 11 is 12.4. The molecule has 2 aromatic rings. The maximum atomic E-state index is 12.0. The van der Waals surface area contributed by atoms with Gasteiger partial charge in [0.15, 0.2) is 0 Å². The van der Waals surface area contributed by atoms with Crippen LogP contribution in [0.3, 0.4) is 0 Å². The number of carbonyl (C=O) groups excluding carboxylic acids is 1. The number of hydrogen-bond acceptors (Lipinski definition) is 3. The van der Waals surface area contributed by atoms with Gasteiger partial charge in [0.2, 0.25) is 5.91 Å². The minimum absolute atomic E-state index is 0.153. The minimum atomic E-state index is -0.288. The fourth-order valence-corrected chi connectivity index (χ4v) is 3.77. The van der Waals surface area contributed by atoms with Crippen molar-refractivity contribution < 1.29 is 4.79 Å². The number of aromatic nitrogens is 2. The molecule has 0 saturated heterocycles. The van der Waals surface area contributed by atoms with Crippen molar-refractivity contribution in [1.82, 2.24) is 14.5 Å². The summed E-state index contributed by atoms with van der Waals surface area (Å²) in [6.45, 7) is 9.54. The number of benzene rings is 1. The zero-order valence-electron chi connectivity index (χ0n) is 16.3. The molecule has 0 aliphatic rings. The summed E-state index contributed by atoms with van der Waals surface area (Å²) in [5.41, 5.74) is 7.68. The second-order valence-corrected chi connectivity index (χ2v) is 8.18. The number of nitrogens with zero attached hydrogens (tertiary/aromatic N) is 3. The lowest BCUT2D eigenvalue weighted by molar-refractivity contribution is -0.125. The van der Waals surface area contributed by atoms with Gasteiger partial charge < -0.3 is 10.3 Å². The average molecular weight is 411 g/mol. The van der Waals surface area contributed by atoms with Crippen molar-refractivity contribution in [3.8, 4) is 0 Å². The van der Waals surface area contributed by atoms with Crippen LogP contribution in [0.1, 0.15) is 39.0 Å². The van der Waals surface area contributed by atoms with E-state index in [1.807, 2.05) is 32.2 Å². The Morgan fingerprint density at radius 1 is 1.26 bits per heavy atom. The van der Waals surface area contributed by atoms with Crippen LogP contribution in [-0.2, 0) is 17.8 Å². The highest BCUT2D eigenvalue weighted by molar-refractivity contribution is 6.42. The van der Waals surface area contributed by atoms with E-state index in [9.17, 15) is 4.79 Å². The second-order valence-electron chi connectivity index (χ2n) is 7.40. The Balaban J connectivity index is 2.15. The van der Waals surface area contributed by atoms with Crippen LogP contribution >= 0.6 is 23.2 Å². The number of halogens is 2. The molecule has 0 saturated carbocycles. The number of nitrogens with two attached hydrogens (primary N) is 1. The van der Waals surface area contributed by atoms with Crippen molar-refractivity contribution >= 4 is 29.1 Å². The molecule has 2 N–H and O–H groups in total. The monoisotopic (exact) mass is 410 g/mol. The van der Waals surface area contributed by atoms with Crippen LogP contribution in [0.15, 0.2) is 30.7 Å². The molecule has 0 unspecified atom stereocenters. The van der Waals surface area contributed by atoms with Gasteiger partial charge >= 0.3 is 0 Å². The zero-order valence-corrected chi connectivity index (χ0v) is 17.8. The maximum Gasteiger partial charge on any atom is 0.235 e. The van der Waals surface area contributed by atoms with Gasteiger partial charge in [0, 0.05) is 30.9 Å². The van der Waals surface area contributed by atoms with Crippen LogP contribution in [0, 0.1) is 5.92 Å². The van der Waals surface area contributed by atoms with Crippen LogP contribution in [-0.4, -0.2) is 39.0 Å². The minimum Gasteiger partial charge on any atom is -0.368 e. The predicted molar refractivity (Wildman–Crippen MR) is 111 cm³/mol. The molecule has 2 rings (SSSR count). The third-order valence-electron chi connectivity index (χ3n) is 4.74. The molecular formula is C20H28Cl2N4O. The Hall–Kier alpha value is -1.56. The molecule has 1 aromatic heterocycles. The van der Waals surface area contributed by atoms with Crippen molar-refractivity contribution in [2.75, 3.05) is 6.54 Å². The van der Waals surface area contributed by atoms with Gasteiger partial charge in [0.1, 0.15) is 0 Å². The summed E-state index contributed by atoms with van der Waals surface area (Å²) in [6, 6.07) is 5.55. The first-order chi connectivity index (χ1) is 12.7. The van der Waals surface area contributed by atoms with Crippen LogP contribution < -0.4 is 5.73 Å². The zero-order chi connectivity index (χ0) is 20.1. The molecule has 1 amide bonds. The molecule has 5 nitrogen and oxygen atoms in total. The molecule has 27 heavy (non-hydrogen) atoms. The van der Waals surface area contributed by atoms with Crippen LogP contribution in [0.2, 0.25) is 10.0 Å². The van der Waals surface area contributed by atoms with Gasteiger partial charge in [-0.05, 0) is 31.4 Å². The molecule has 0 radical (unpaired) electrons. The molecule has 1 aromatic carbocycles. The predicted octanol–water partition coefficient (Wildman–Crippen LogP) is 4.00. The van der Waals surface area contributed by atoms with Crippen molar-refractivity contribution in [3.63, 3.8) is 0 Å². The maximum absolute atomic E-state index is 12.0. The molecule has 1 atom stereocenters. The molecule has 7 heteroatoms. The summed E-state index contributed by atoms with van der Waals surface area (Å²) in [4.78, 5) is 18.4. The van der Waals surface area contributed by atoms with E-state index in [2.05, 4.69) is 28.3 Å². The highest BCUT2D eigenvalue weighted by Crippen LogP contribution is 2.26. The highest BCUT2D eigenvalue weighted by Gasteiger charge is 2.28.